The van der Waals surface area contributed by atoms with Crippen LogP contribution in [0.3, 0.4) is 0 Å². The van der Waals surface area contributed by atoms with Crippen LogP contribution in [-0.4, -0.2) is 67.7 Å². The first-order valence-electron chi connectivity index (χ1n) is 8.93. The number of guanidine groups is 1. The highest BCUT2D eigenvalue weighted by Crippen LogP contribution is 2.18. The molecule has 1 saturated heterocycles. The van der Waals surface area contributed by atoms with Gasteiger partial charge in [-0.25, -0.2) is 4.39 Å². The number of halogens is 1. The number of ether oxygens (including phenoxy) is 1. The summed E-state index contributed by atoms with van der Waals surface area (Å²) in [5.74, 6) is 0.841. The third kappa shape index (κ3) is 4.51. The minimum Gasteiger partial charge on any atom is -0.486 e. The lowest BCUT2D eigenvalue weighted by atomic mass is 10.2. The van der Waals surface area contributed by atoms with Gasteiger partial charge >= 0.3 is 0 Å². The molecule has 2 heterocycles. The third-order valence-electron chi connectivity index (χ3n) is 4.75. The minimum absolute atomic E-state index is 0.158. The van der Waals surface area contributed by atoms with E-state index in [2.05, 4.69) is 32.3 Å². The van der Waals surface area contributed by atoms with Crippen LogP contribution >= 0.6 is 0 Å². The summed E-state index contributed by atoms with van der Waals surface area (Å²) in [6.45, 7) is 6.60. The van der Waals surface area contributed by atoms with E-state index in [-0.39, 0.29) is 17.7 Å². The van der Waals surface area contributed by atoms with Gasteiger partial charge in [-0.3, -0.25) is 9.89 Å². The number of likely N-dealkylation sites (tertiary alicyclic amines) is 1. The highest BCUT2D eigenvalue weighted by molar-refractivity contribution is 5.80. The molecule has 2 aliphatic heterocycles. The summed E-state index contributed by atoms with van der Waals surface area (Å²) >= 11 is 0. The Bertz CT molecular complexity index is 626. The summed E-state index contributed by atoms with van der Waals surface area (Å²) in [6.07, 6.45) is 5.47. The van der Waals surface area contributed by atoms with Crippen molar-refractivity contribution in [2.24, 2.45) is 4.99 Å². The van der Waals surface area contributed by atoms with Crippen LogP contribution in [0.4, 0.5) is 4.39 Å². The van der Waals surface area contributed by atoms with Gasteiger partial charge in [0.15, 0.2) is 17.5 Å². The number of aliphatic imine (C=N–C) groups is 1. The Kier molecular flexibility index (Phi) is 5.91. The average molecular weight is 346 g/mol. The quantitative estimate of drug-likeness (QED) is 0.504. The fraction of sp³-hybridized carbons (Fsp3) is 0.526. The first-order chi connectivity index (χ1) is 12.2. The molecule has 1 N–H and O–H groups in total. The normalized spacial score (nSPS) is 22.4. The second-order valence-corrected chi connectivity index (χ2v) is 6.60. The van der Waals surface area contributed by atoms with Crippen molar-refractivity contribution in [2.45, 2.75) is 25.5 Å². The van der Waals surface area contributed by atoms with Gasteiger partial charge in [0.25, 0.3) is 0 Å². The fourth-order valence-corrected chi connectivity index (χ4v) is 3.39. The summed E-state index contributed by atoms with van der Waals surface area (Å²) in [7, 11) is 1.80. The van der Waals surface area contributed by atoms with Crippen molar-refractivity contribution in [3.05, 3.63) is 42.2 Å². The lowest BCUT2D eigenvalue weighted by molar-refractivity contribution is 0.212. The molecule has 0 bridgehead atoms. The third-order valence-corrected chi connectivity index (χ3v) is 4.75. The summed E-state index contributed by atoms with van der Waals surface area (Å²) in [6, 6.07) is 7.07. The van der Waals surface area contributed by atoms with Gasteiger partial charge in [0.05, 0.1) is 6.54 Å². The molecule has 0 radical (unpaired) electrons. The number of para-hydroxylation sites is 1. The van der Waals surface area contributed by atoms with Crippen molar-refractivity contribution in [3.63, 3.8) is 0 Å². The van der Waals surface area contributed by atoms with Crippen LogP contribution in [0.2, 0.25) is 0 Å². The molecule has 1 aromatic carbocycles. The first-order valence-corrected chi connectivity index (χ1v) is 8.93. The standard InChI is InChI=1S/C19H27FN4O/c1-15(25-18-8-4-3-7-17(18)20)13-22-19(21-2)24-12-9-16(14-24)23-10-5-6-11-23/h3-8,15-16H,9-14H2,1-2H3,(H,21,22). The van der Waals surface area contributed by atoms with E-state index in [0.717, 1.165) is 38.6 Å². The summed E-state index contributed by atoms with van der Waals surface area (Å²) in [4.78, 5) is 9.18. The van der Waals surface area contributed by atoms with Gasteiger partial charge < -0.3 is 15.0 Å². The highest BCUT2D eigenvalue weighted by atomic mass is 19.1. The van der Waals surface area contributed by atoms with Crippen LogP contribution in [0.1, 0.15) is 13.3 Å². The molecule has 0 amide bonds. The first kappa shape index (κ1) is 17.7. The Morgan fingerprint density at radius 1 is 1.36 bits per heavy atom. The number of nitrogens with one attached hydrogen (secondary N) is 1. The van der Waals surface area contributed by atoms with E-state index in [0.29, 0.717) is 12.6 Å². The molecular formula is C19H27FN4O. The van der Waals surface area contributed by atoms with Gasteiger partial charge in [-0.05, 0) is 25.5 Å². The number of nitrogens with zero attached hydrogens (tertiary/aromatic N) is 3. The van der Waals surface area contributed by atoms with Crippen LogP contribution in [0.15, 0.2) is 41.4 Å². The zero-order valence-corrected chi connectivity index (χ0v) is 15.0. The predicted molar refractivity (Wildman–Crippen MR) is 98.5 cm³/mol. The average Bonchev–Trinajstić information content (AvgIpc) is 3.29. The molecule has 0 saturated carbocycles. The maximum atomic E-state index is 13.7. The molecule has 5 nitrogen and oxygen atoms in total. The molecule has 25 heavy (non-hydrogen) atoms. The number of hydrogen-bond donors (Lipinski definition) is 1. The van der Waals surface area contributed by atoms with Gasteiger partial charge in [-0.15, -0.1) is 0 Å². The second kappa shape index (κ2) is 8.34. The molecule has 2 atom stereocenters. The fourth-order valence-electron chi connectivity index (χ4n) is 3.39. The Hall–Kier alpha value is -2.08. The second-order valence-electron chi connectivity index (χ2n) is 6.60. The smallest absolute Gasteiger partial charge is 0.193 e. The molecular weight excluding hydrogens is 319 g/mol. The van der Waals surface area contributed by atoms with Crippen LogP contribution < -0.4 is 10.1 Å². The molecule has 6 heteroatoms. The van der Waals surface area contributed by atoms with E-state index >= 15 is 0 Å². The van der Waals surface area contributed by atoms with Gasteiger partial charge in [-0.2, -0.15) is 0 Å². The summed E-state index contributed by atoms with van der Waals surface area (Å²) < 4.78 is 19.3. The molecule has 2 unspecified atom stereocenters. The Morgan fingerprint density at radius 2 is 2.12 bits per heavy atom. The van der Waals surface area contributed by atoms with E-state index in [9.17, 15) is 4.39 Å². The van der Waals surface area contributed by atoms with Crippen LogP contribution in [0.5, 0.6) is 5.75 Å². The molecule has 0 spiro atoms. The van der Waals surface area contributed by atoms with Gasteiger partial charge in [0.1, 0.15) is 6.10 Å². The molecule has 136 valence electrons. The van der Waals surface area contributed by atoms with Gasteiger partial charge in [-0.1, -0.05) is 24.3 Å². The Morgan fingerprint density at radius 3 is 2.84 bits per heavy atom. The van der Waals surface area contributed by atoms with Crippen LogP contribution in [0, 0.1) is 5.82 Å². The van der Waals surface area contributed by atoms with Crippen LogP contribution in [0.25, 0.3) is 0 Å². The molecule has 0 aromatic heterocycles. The predicted octanol–water partition coefficient (Wildman–Crippen LogP) is 2.11. The van der Waals surface area contributed by atoms with Crippen molar-refractivity contribution in [2.75, 3.05) is 39.8 Å². The summed E-state index contributed by atoms with van der Waals surface area (Å²) in [5, 5.41) is 3.36. The molecule has 2 aliphatic rings. The number of hydrogen-bond acceptors (Lipinski definition) is 3. The highest BCUT2D eigenvalue weighted by Gasteiger charge is 2.29. The minimum atomic E-state index is -0.333. The molecule has 3 rings (SSSR count). The molecule has 0 aliphatic carbocycles. The van der Waals surface area contributed by atoms with Gasteiger partial charge in [0.2, 0.25) is 0 Å². The van der Waals surface area contributed by atoms with E-state index < -0.39 is 0 Å². The van der Waals surface area contributed by atoms with Crippen molar-refractivity contribution < 1.29 is 9.13 Å². The van der Waals surface area contributed by atoms with E-state index in [4.69, 9.17) is 4.74 Å². The topological polar surface area (TPSA) is 40.1 Å². The lowest BCUT2D eigenvalue weighted by Crippen LogP contribution is -2.45. The maximum Gasteiger partial charge on any atom is 0.193 e. The van der Waals surface area contributed by atoms with Gasteiger partial charge in [0, 0.05) is 39.3 Å². The molecule has 1 fully saturated rings. The van der Waals surface area contributed by atoms with Crippen molar-refractivity contribution in [3.8, 4) is 5.75 Å². The zero-order chi connectivity index (χ0) is 17.6. The largest absolute Gasteiger partial charge is 0.486 e. The van der Waals surface area contributed by atoms with Crippen molar-refractivity contribution >= 4 is 5.96 Å². The van der Waals surface area contributed by atoms with Crippen LogP contribution in [-0.2, 0) is 0 Å². The maximum absolute atomic E-state index is 13.7. The zero-order valence-electron chi connectivity index (χ0n) is 15.0. The van der Waals surface area contributed by atoms with Crippen molar-refractivity contribution in [1.82, 2.24) is 15.1 Å². The number of rotatable bonds is 5. The monoisotopic (exact) mass is 346 g/mol. The van der Waals surface area contributed by atoms with E-state index in [1.54, 1.807) is 25.2 Å². The molecule has 1 aromatic rings. The van der Waals surface area contributed by atoms with E-state index in [1.165, 1.54) is 6.07 Å². The Labute approximate surface area is 149 Å². The van der Waals surface area contributed by atoms with Crippen molar-refractivity contribution in [1.29, 1.82) is 0 Å². The van der Waals surface area contributed by atoms with E-state index in [1.807, 2.05) is 6.92 Å². The number of benzene rings is 1. The summed E-state index contributed by atoms with van der Waals surface area (Å²) in [5.41, 5.74) is 0. The Balaban J connectivity index is 1.47. The lowest BCUT2D eigenvalue weighted by Gasteiger charge is -2.26. The SMILES string of the molecule is CN=C(NCC(C)Oc1ccccc1F)N1CCC(N2CC=CC2)C1.